The van der Waals surface area contributed by atoms with Gasteiger partial charge in [-0.1, -0.05) is 48.5 Å². The Hall–Kier alpha value is -3.90. The third kappa shape index (κ3) is 4.20. The summed E-state index contributed by atoms with van der Waals surface area (Å²) in [4.78, 5) is 19.7. The quantitative estimate of drug-likeness (QED) is 0.323. The number of hydrogen-bond acceptors (Lipinski definition) is 5. The van der Waals surface area contributed by atoms with Crippen molar-refractivity contribution in [3.8, 4) is 5.88 Å². The van der Waals surface area contributed by atoms with E-state index in [9.17, 15) is 9.90 Å². The summed E-state index contributed by atoms with van der Waals surface area (Å²) in [5.41, 5.74) is 10.6. The molecule has 4 aromatic rings. The molecule has 0 fully saturated rings. The van der Waals surface area contributed by atoms with Gasteiger partial charge < -0.3 is 20.6 Å². The van der Waals surface area contributed by atoms with Gasteiger partial charge in [-0.15, -0.1) is 0 Å². The van der Waals surface area contributed by atoms with Gasteiger partial charge in [0.15, 0.2) is 5.88 Å². The summed E-state index contributed by atoms with van der Waals surface area (Å²) in [6, 6.07) is 22.7. The molecule has 0 unspecified atom stereocenters. The van der Waals surface area contributed by atoms with Gasteiger partial charge in [0.2, 0.25) is 0 Å². The van der Waals surface area contributed by atoms with Gasteiger partial charge in [-0.05, 0) is 42.8 Å². The minimum Gasteiger partial charge on any atom is -0.494 e. The number of ether oxygens (including phenoxy) is 1. The number of esters is 1. The molecule has 1 aromatic heterocycles. The van der Waals surface area contributed by atoms with Crippen LogP contribution in [0.15, 0.2) is 77.8 Å². The van der Waals surface area contributed by atoms with E-state index in [1.54, 1.807) is 18.2 Å². The molecular weight excluding hydrogens is 390 g/mol. The summed E-state index contributed by atoms with van der Waals surface area (Å²) in [6.07, 6.45) is 0.807. The molecular formula is C25H23N3O3. The fourth-order valence-electron chi connectivity index (χ4n) is 3.56. The van der Waals surface area contributed by atoms with Crippen LogP contribution in [0.4, 0.5) is 5.69 Å². The predicted molar refractivity (Wildman–Crippen MR) is 122 cm³/mol. The summed E-state index contributed by atoms with van der Waals surface area (Å²) in [5.74, 6) is -0.452. The first kappa shape index (κ1) is 20.4. The maximum absolute atomic E-state index is 11.9. The lowest BCUT2D eigenvalue weighted by atomic mass is 10.00. The topological polar surface area (TPSA) is 101 Å². The van der Waals surface area contributed by atoms with Crippen LogP contribution in [0, 0.1) is 0 Å². The van der Waals surface area contributed by atoms with Crippen LogP contribution in [0.1, 0.15) is 27.0 Å². The number of aliphatic imine (C=N–C) groups is 1. The van der Waals surface area contributed by atoms with E-state index in [2.05, 4.69) is 4.98 Å². The zero-order valence-electron chi connectivity index (χ0n) is 17.1. The van der Waals surface area contributed by atoms with Gasteiger partial charge in [0.1, 0.15) is 0 Å². The zero-order chi connectivity index (χ0) is 21.8. The predicted octanol–water partition coefficient (Wildman–Crippen LogP) is 4.33. The van der Waals surface area contributed by atoms with Gasteiger partial charge in [0.05, 0.1) is 29.6 Å². The average molecular weight is 413 g/mol. The Balaban J connectivity index is 1.87. The monoisotopic (exact) mass is 413 g/mol. The average Bonchev–Trinajstić information content (AvgIpc) is 3.13. The Bertz CT molecular complexity index is 1240. The number of carbonyl (C=O) groups is 1. The van der Waals surface area contributed by atoms with Crippen LogP contribution in [0.2, 0.25) is 0 Å². The highest BCUT2D eigenvalue weighted by atomic mass is 16.5. The van der Waals surface area contributed by atoms with Crippen molar-refractivity contribution < 1.29 is 14.6 Å². The number of fused-ring (bicyclic) bond motifs is 1. The lowest BCUT2D eigenvalue weighted by Crippen LogP contribution is -2.04. The van der Waals surface area contributed by atoms with Crippen molar-refractivity contribution in [1.29, 1.82) is 0 Å². The van der Waals surface area contributed by atoms with Crippen LogP contribution < -0.4 is 5.73 Å². The third-order valence-corrected chi connectivity index (χ3v) is 5.09. The molecule has 0 saturated heterocycles. The molecule has 31 heavy (non-hydrogen) atoms. The highest BCUT2D eigenvalue weighted by molar-refractivity contribution is 6.22. The largest absolute Gasteiger partial charge is 0.494 e. The number of methoxy groups -OCH3 is 1. The van der Waals surface area contributed by atoms with Gasteiger partial charge in [-0.25, -0.2) is 9.79 Å². The summed E-state index contributed by atoms with van der Waals surface area (Å²) in [7, 11) is 1.34. The maximum Gasteiger partial charge on any atom is 0.337 e. The minimum absolute atomic E-state index is 0.0145. The molecule has 0 aliphatic heterocycles. The highest BCUT2D eigenvalue weighted by Crippen LogP contribution is 2.32. The lowest BCUT2D eigenvalue weighted by molar-refractivity contribution is 0.0601. The Morgan fingerprint density at radius 2 is 1.77 bits per heavy atom. The molecule has 4 rings (SSSR count). The van der Waals surface area contributed by atoms with E-state index in [0.29, 0.717) is 28.9 Å². The number of carbonyl (C=O) groups excluding carboxylic acids is 1. The van der Waals surface area contributed by atoms with Crippen molar-refractivity contribution in [2.24, 2.45) is 10.7 Å². The van der Waals surface area contributed by atoms with Crippen molar-refractivity contribution in [2.75, 3.05) is 13.7 Å². The molecule has 0 radical (unpaired) electrons. The number of benzene rings is 3. The fourth-order valence-corrected chi connectivity index (χ4v) is 3.56. The molecule has 0 amide bonds. The van der Waals surface area contributed by atoms with E-state index in [1.165, 1.54) is 7.11 Å². The molecule has 0 atom stereocenters. The van der Waals surface area contributed by atoms with Crippen LogP contribution in [-0.4, -0.2) is 35.4 Å². The highest BCUT2D eigenvalue weighted by Gasteiger charge is 2.19. The second-order valence-electron chi connectivity index (χ2n) is 7.13. The molecule has 4 N–H and O–H groups in total. The summed E-state index contributed by atoms with van der Waals surface area (Å²) in [5, 5.41) is 11.5. The number of nitrogens with one attached hydrogen (secondary N) is 1. The molecule has 0 spiro atoms. The number of nitrogens with two attached hydrogens (primary N) is 1. The standard InChI is InChI=1S/C25H23N3O3/c1-31-25(30)18-9-12-20-21(15-18)28-24(29)22(20)23(17-5-3-2-4-6-17)27-19-10-7-16(8-11-19)13-14-26/h2-12,15,28-29H,13-14,26H2,1H3. The van der Waals surface area contributed by atoms with Crippen LogP contribution in [0.5, 0.6) is 5.88 Å². The third-order valence-electron chi connectivity index (χ3n) is 5.09. The first-order valence-corrected chi connectivity index (χ1v) is 9.97. The smallest absolute Gasteiger partial charge is 0.337 e. The minimum atomic E-state index is -0.438. The van der Waals surface area contributed by atoms with Crippen LogP contribution in [0.25, 0.3) is 10.9 Å². The normalized spacial score (nSPS) is 11.6. The number of H-pyrrole nitrogens is 1. The van der Waals surface area contributed by atoms with Crippen LogP contribution in [-0.2, 0) is 11.2 Å². The fraction of sp³-hybridized carbons (Fsp3) is 0.120. The molecule has 156 valence electrons. The Kier molecular flexibility index (Phi) is 5.82. The molecule has 0 aliphatic rings. The second kappa shape index (κ2) is 8.85. The van der Waals surface area contributed by atoms with Crippen LogP contribution >= 0.6 is 0 Å². The van der Waals surface area contributed by atoms with Gasteiger partial charge in [-0.3, -0.25) is 0 Å². The second-order valence-corrected chi connectivity index (χ2v) is 7.13. The first-order valence-electron chi connectivity index (χ1n) is 9.97. The van der Waals surface area contributed by atoms with Gasteiger partial charge in [0.25, 0.3) is 0 Å². The number of rotatable bonds is 6. The van der Waals surface area contributed by atoms with Gasteiger partial charge in [-0.2, -0.15) is 0 Å². The number of aromatic amines is 1. The summed E-state index contributed by atoms with van der Waals surface area (Å²) < 4.78 is 4.80. The molecule has 3 aromatic carbocycles. The number of hydrogen-bond donors (Lipinski definition) is 3. The number of aromatic hydroxyl groups is 1. The van der Waals surface area contributed by atoms with Gasteiger partial charge in [0, 0.05) is 16.5 Å². The summed E-state index contributed by atoms with van der Waals surface area (Å²) >= 11 is 0. The van der Waals surface area contributed by atoms with E-state index >= 15 is 0 Å². The summed E-state index contributed by atoms with van der Waals surface area (Å²) in [6.45, 7) is 0.592. The van der Waals surface area contributed by atoms with Crippen molar-refractivity contribution in [3.05, 3.63) is 95.1 Å². The van der Waals surface area contributed by atoms with E-state index < -0.39 is 5.97 Å². The van der Waals surface area contributed by atoms with Gasteiger partial charge >= 0.3 is 5.97 Å². The van der Waals surface area contributed by atoms with Crippen molar-refractivity contribution in [3.63, 3.8) is 0 Å². The first-order chi connectivity index (χ1) is 15.1. The van der Waals surface area contributed by atoms with Crippen molar-refractivity contribution in [1.82, 2.24) is 4.98 Å². The Labute approximate surface area is 180 Å². The van der Waals surface area contributed by atoms with E-state index in [1.807, 2.05) is 54.6 Å². The van der Waals surface area contributed by atoms with Crippen molar-refractivity contribution >= 4 is 28.3 Å². The Morgan fingerprint density at radius 3 is 2.45 bits per heavy atom. The maximum atomic E-state index is 11.9. The van der Waals surface area contributed by atoms with Crippen molar-refractivity contribution in [2.45, 2.75) is 6.42 Å². The molecule has 0 saturated carbocycles. The molecule has 0 aliphatic carbocycles. The SMILES string of the molecule is COC(=O)c1ccc2c(C(=Nc3ccc(CCN)cc3)c3ccccc3)c(O)[nH]c2c1. The molecule has 6 heteroatoms. The molecule has 0 bridgehead atoms. The van der Waals surface area contributed by atoms with E-state index in [-0.39, 0.29) is 5.88 Å². The Morgan fingerprint density at radius 1 is 1.03 bits per heavy atom. The lowest BCUT2D eigenvalue weighted by Gasteiger charge is -2.08. The zero-order valence-corrected chi connectivity index (χ0v) is 17.1. The van der Waals surface area contributed by atoms with Crippen LogP contribution in [0.3, 0.4) is 0 Å². The molecule has 6 nitrogen and oxygen atoms in total. The number of nitrogens with zero attached hydrogens (tertiary/aromatic N) is 1. The molecule has 1 heterocycles. The van der Waals surface area contributed by atoms with E-state index in [4.69, 9.17) is 15.5 Å². The van der Waals surface area contributed by atoms with E-state index in [0.717, 1.165) is 28.6 Å². The number of aromatic nitrogens is 1.